The van der Waals surface area contributed by atoms with E-state index in [4.69, 9.17) is 0 Å². The van der Waals surface area contributed by atoms with Gasteiger partial charge in [-0.05, 0) is 16.8 Å². The van der Waals surface area contributed by atoms with Crippen molar-refractivity contribution >= 4 is 33.0 Å². The largest absolute Gasteiger partial charge is 1.00 e. The van der Waals surface area contributed by atoms with E-state index in [1.54, 1.807) is 18.2 Å². The van der Waals surface area contributed by atoms with Crippen molar-refractivity contribution in [2.24, 2.45) is 0 Å². The third-order valence-corrected chi connectivity index (χ3v) is 3.39. The number of hydrogen-bond acceptors (Lipinski definition) is 5. The first-order valence-corrected chi connectivity index (χ1v) is 6.33. The molecule has 0 saturated carbocycles. The predicted molar refractivity (Wildman–Crippen MR) is 62.3 cm³/mol. The van der Waals surface area contributed by atoms with Crippen LogP contribution in [0, 0.1) is 0 Å². The van der Waals surface area contributed by atoms with Crippen molar-refractivity contribution in [3.05, 3.63) is 42.0 Å². The molecule has 92 valence electrons. The van der Waals surface area contributed by atoms with E-state index in [1.165, 1.54) is 12.1 Å². The Morgan fingerprint density at radius 3 is 2.32 bits per heavy atom. The second-order valence-corrected chi connectivity index (χ2v) is 4.94. The van der Waals surface area contributed by atoms with Crippen LogP contribution in [0.2, 0.25) is 0 Å². The van der Waals surface area contributed by atoms with E-state index < -0.39 is 20.8 Å². The molecule has 0 atom stereocenters. The number of carbonyl (C=O) groups is 2. The molecule has 0 aliphatic heterocycles. The molecule has 0 aliphatic rings. The predicted octanol–water partition coefficient (Wildman–Crippen LogP) is -1.87. The molecule has 0 saturated heterocycles. The van der Waals surface area contributed by atoms with Crippen LogP contribution in [0.25, 0.3) is 10.8 Å². The maximum Gasteiger partial charge on any atom is 1.00 e. The average Bonchev–Trinajstić information content (AvgIpc) is 2.35. The first-order valence-electron chi connectivity index (χ1n) is 4.92. The molecule has 0 heterocycles. The Morgan fingerprint density at radius 1 is 1.11 bits per heavy atom. The van der Waals surface area contributed by atoms with Crippen LogP contribution in [0.1, 0.15) is 10.4 Å². The summed E-state index contributed by atoms with van der Waals surface area (Å²) in [5, 5.41) is 0.849. The molecule has 2 aromatic rings. The number of Topliss-reactive ketones (excluding diaryl/α,β-unsaturated/α-hetero) is 1. The minimum absolute atomic E-state index is 0. The number of aldehydes is 1. The molecular weight excluding hydrogens is 279 g/mol. The molecule has 2 rings (SSSR count). The number of carbonyl (C=O) groups excluding carboxylic acids is 2. The van der Waals surface area contributed by atoms with Crippen LogP contribution in [-0.4, -0.2) is 25.0 Å². The molecule has 0 radical (unpaired) electrons. The Kier molecular flexibility index (Phi) is 5.00. The molecule has 0 spiro atoms. The smallest absolute Gasteiger partial charge is 0.744 e. The van der Waals surface area contributed by atoms with E-state index >= 15 is 0 Å². The van der Waals surface area contributed by atoms with Gasteiger partial charge in [0.15, 0.2) is 6.29 Å². The molecule has 0 fully saturated rings. The summed E-state index contributed by atoms with van der Waals surface area (Å²) in [6.45, 7) is 0. The van der Waals surface area contributed by atoms with Gasteiger partial charge in [0.05, 0.1) is 10.5 Å². The Morgan fingerprint density at radius 2 is 1.74 bits per heavy atom. The van der Waals surface area contributed by atoms with Crippen molar-refractivity contribution < 1.29 is 52.1 Å². The number of fused-ring (bicyclic) bond motifs is 1. The zero-order valence-corrected chi connectivity index (χ0v) is 12.8. The second-order valence-electron chi connectivity index (χ2n) is 3.60. The van der Waals surface area contributed by atoms with Crippen molar-refractivity contribution in [1.82, 2.24) is 0 Å². The van der Waals surface area contributed by atoms with Gasteiger partial charge in [-0.2, -0.15) is 0 Å². The summed E-state index contributed by atoms with van der Waals surface area (Å²) in [4.78, 5) is 21.4. The maximum absolute atomic E-state index is 11.5. The van der Waals surface area contributed by atoms with Crippen LogP contribution in [-0.2, 0) is 14.9 Å². The fourth-order valence-corrected chi connectivity index (χ4v) is 2.47. The van der Waals surface area contributed by atoms with Crippen LogP contribution in [0.4, 0.5) is 0 Å². The van der Waals surface area contributed by atoms with Gasteiger partial charge in [0, 0.05) is 0 Å². The summed E-state index contributed by atoms with van der Waals surface area (Å²) in [6.07, 6.45) is -0.00352. The van der Waals surface area contributed by atoms with E-state index in [-0.39, 0.29) is 46.8 Å². The molecule has 2 aromatic carbocycles. The van der Waals surface area contributed by atoms with Gasteiger partial charge in [0.2, 0.25) is 5.78 Å². The van der Waals surface area contributed by atoms with Crippen molar-refractivity contribution in [2.75, 3.05) is 0 Å². The van der Waals surface area contributed by atoms with Crippen LogP contribution < -0.4 is 29.6 Å². The second kappa shape index (κ2) is 5.94. The van der Waals surface area contributed by atoms with Crippen molar-refractivity contribution in [2.45, 2.75) is 4.90 Å². The standard InChI is InChI=1S/C12H8O5S.Na/c13-7-10(14)12-9-4-2-1-3-8(9)5-6-11(12)18(15,16)17;/h1-7H,(H,15,16,17);/q;+1/p-1. The van der Waals surface area contributed by atoms with E-state index in [2.05, 4.69) is 0 Å². The van der Waals surface area contributed by atoms with Gasteiger partial charge >= 0.3 is 29.6 Å². The topological polar surface area (TPSA) is 91.3 Å². The number of hydrogen-bond donors (Lipinski definition) is 0. The van der Waals surface area contributed by atoms with Gasteiger partial charge in [0.1, 0.15) is 10.1 Å². The summed E-state index contributed by atoms with van der Waals surface area (Å²) in [5.74, 6) is -1.03. The number of ketones is 1. The quantitative estimate of drug-likeness (QED) is 0.217. The van der Waals surface area contributed by atoms with Gasteiger partial charge in [-0.15, -0.1) is 0 Å². The fourth-order valence-electron chi connectivity index (χ4n) is 1.77. The van der Waals surface area contributed by atoms with Crippen LogP contribution in [0.5, 0.6) is 0 Å². The van der Waals surface area contributed by atoms with Gasteiger partial charge in [0.25, 0.3) is 0 Å². The Labute approximate surface area is 131 Å². The Hall–Kier alpha value is -1.05. The molecule has 0 bridgehead atoms. The molecule has 0 aromatic heterocycles. The minimum Gasteiger partial charge on any atom is -0.744 e. The zero-order valence-electron chi connectivity index (χ0n) is 9.99. The number of benzene rings is 2. The van der Waals surface area contributed by atoms with Crippen molar-refractivity contribution in [3.8, 4) is 0 Å². The third kappa shape index (κ3) is 3.10. The van der Waals surface area contributed by atoms with E-state index in [9.17, 15) is 22.6 Å². The monoisotopic (exact) mass is 286 g/mol. The van der Waals surface area contributed by atoms with E-state index in [0.29, 0.717) is 5.39 Å². The molecule has 0 N–H and O–H groups in total. The average molecular weight is 286 g/mol. The summed E-state index contributed by atoms with van der Waals surface area (Å²) in [6, 6.07) is 8.88. The minimum atomic E-state index is -4.81. The fraction of sp³-hybridized carbons (Fsp3) is 0. The van der Waals surface area contributed by atoms with Gasteiger partial charge in [-0.1, -0.05) is 30.3 Å². The molecule has 5 nitrogen and oxygen atoms in total. The Balaban J connectivity index is 0.00000180. The van der Waals surface area contributed by atoms with Gasteiger partial charge in [-0.3, -0.25) is 9.59 Å². The summed E-state index contributed by atoms with van der Waals surface area (Å²) in [5.41, 5.74) is -0.363. The van der Waals surface area contributed by atoms with Crippen LogP contribution in [0.3, 0.4) is 0 Å². The molecule has 0 aliphatic carbocycles. The molecule has 7 heteroatoms. The maximum atomic E-state index is 11.5. The van der Waals surface area contributed by atoms with E-state index in [0.717, 1.165) is 6.07 Å². The first-order chi connectivity index (χ1) is 8.45. The van der Waals surface area contributed by atoms with Gasteiger partial charge in [-0.25, -0.2) is 8.42 Å². The van der Waals surface area contributed by atoms with Crippen LogP contribution >= 0.6 is 0 Å². The normalized spacial score (nSPS) is 10.8. The summed E-state index contributed by atoms with van der Waals surface area (Å²) < 4.78 is 33.3. The zero-order chi connectivity index (χ0) is 13.3. The summed E-state index contributed by atoms with van der Waals surface area (Å²) >= 11 is 0. The SMILES string of the molecule is O=CC(=O)c1c(S(=O)(=O)[O-])ccc2ccccc12.[Na+]. The third-order valence-electron chi connectivity index (χ3n) is 2.51. The van der Waals surface area contributed by atoms with Crippen LogP contribution in [0.15, 0.2) is 41.3 Å². The molecule has 0 amide bonds. The molecular formula is C12H7NaO5S. The number of rotatable bonds is 3. The molecule has 0 unspecified atom stereocenters. The molecule has 19 heavy (non-hydrogen) atoms. The summed E-state index contributed by atoms with van der Waals surface area (Å²) in [7, 11) is -4.81. The first kappa shape index (κ1) is 16.0. The van der Waals surface area contributed by atoms with Gasteiger partial charge < -0.3 is 4.55 Å². The van der Waals surface area contributed by atoms with Crippen molar-refractivity contribution in [1.29, 1.82) is 0 Å². The Bertz CT molecular complexity index is 752. The van der Waals surface area contributed by atoms with Crippen molar-refractivity contribution in [3.63, 3.8) is 0 Å². The van der Waals surface area contributed by atoms with E-state index in [1.807, 2.05) is 0 Å².